The van der Waals surface area contributed by atoms with E-state index in [-0.39, 0.29) is 22.2 Å². The van der Waals surface area contributed by atoms with E-state index in [2.05, 4.69) is 15.1 Å². The molecule has 1 aromatic rings. The summed E-state index contributed by atoms with van der Waals surface area (Å²) >= 11 is 1.24. The summed E-state index contributed by atoms with van der Waals surface area (Å²) in [6.45, 7) is 2.01. The number of alkyl halides is 2. The van der Waals surface area contributed by atoms with Gasteiger partial charge in [0.25, 0.3) is 6.43 Å². The molecule has 0 saturated carbocycles. The Balaban J connectivity index is 1.80. The predicted molar refractivity (Wildman–Crippen MR) is 69.8 cm³/mol. The van der Waals surface area contributed by atoms with Crippen LogP contribution in [0.5, 0.6) is 0 Å². The van der Waals surface area contributed by atoms with Gasteiger partial charge in [-0.05, 0) is 13.0 Å². The summed E-state index contributed by atoms with van der Waals surface area (Å²) in [6, 6.07) is 1.27. The lowest BCUT2D eigenvalue weighted by atomic mass is 10.1. The molecule has 114 valence electrons. The number of aromatic nitrogens is 2. The molecule has 9 heteroatoms. The first-order valence-corrected chi connectivity index (χ1v) is 7.23. The number of ether oxygens (including phenoxy) is 2. The van der Waals surface area contributed by atoms with Crippen LogP contribution < -0.4 is 0 Å². The van der Waals surface area contributed by atoms with Crippen LogP contribution in [0, 0.1) is 6.92 Å². The molecule has 0 spiro atoms. The van der Waals surface area contributed by atoms with Gasteiger partial charge in [-0.25, -0.2) is 18.7 Å². The number of halogens is 2. The van der Waals surface area contributed by atoms with Crippen LogP contribution in [0.2, 0.25) is 0 Å². The summed E-state index contributed by atoms with van der Waals surface area (Å²) in [5.74, 6) is 0. The van der Waals surface area contributed by atoms with Crippen molar-refractivity contribution in [2.45, 2.75) is 42.6 Å². The molecule has 3 heterocycles. The van der Waals surface area contributed by atoms with Crippen LogP contribution in [0.25, 0.3) is 0 Å². The smallest absolute Gasteiger partial charge is 0.280 e. The summed E-state index contributed by atoms with van der Waals surface area (Å²) in [5, 5.41) is 12.2. The molecule has 2 aliphatic rings. The lowest BCUT2D eigenvalue weighted by Crippen LogP contribution is -2.37. The maximum atomic E-state index is 12.8. The third-order valence-electron chi connectivity index (χ3n) is 3.27. The number of nitrogens with zero attached hydrogens (tertiary/aromatic N) is 3. The minimum atomic E-state index is -2.64. The largest absolute Gasteiger partial charge is 0.411 e. The lowest BCUT2D eigenvalue weighted by molar-refractivity contribution is -0.0169. The zero-order chi connectivity index (χ0) is 15.0. The monoisotopic (exact) mass is 317 g/mol. The van der Waals surface area contributed by atoms with Gasteiger partial charge >= 0.3 is 0 Å². The molecule has 21 heavy (non-hydrogen) atoms. The number of aryl methyl sites for hydroxylation is 1. The molecule has 3 atom stereocenters. The summed E-state index contributed by atoms with van der Waals surface area (Å²) < 4.78 is 36.5. The summed E-state index contributed by atoms with van der Waals surface area (Å²) in [6.07, 6.45) is -2.99. The van der Waals surface area contributed by atoms with Gasteiger partial charge in [-0.1, -0.05) is 16.9 Å². The molecule has 0 aromatic carbocycles. The van der Waals surface area contributed by atoms with Gasteiger partial charge in [-0.2, -0.15) is 0 Å². The fourth-order valence-electron chi connectivity index (χ4n) is 2.29. The number of oxime groups is 1. The fourth-order valence-corrected chi connectivity index (χ4v) is 3.47. The molecule has 3 rings (SSSR count). The van der Waals surface area contributed by atoms with Crippen molar-refractivity contribution in [1.29, 1.82) is 0 Å². The van der Waals surface area contributed by atoms with E-state index in [1.165, 1.54) is 17.8 Å². The van der Waals surface area contributed by atoms with E-state index in [4.69, 9.17) is 14.7 Å². The second kappa shape index (κ2) is 5.82. The maximum absolute atomic E-state index is 12.8. The molecule has 0 aliphatic carbocycles. The summed E-state index contributed by atoms with van der Waals surface area (Å²) in [5.41, 5.74) is 0.581. The first-order valence-electron chi connectivity index (χ1n) is 6.35. The van der Waals surface area contributed by atoms with E-state index in [9.17, 15) is 8.78 Å². The van der Waals surface area contributed by atoms with E-state index < -0.39 is 12.7 Å². The average Bonchev–Trinajstić information content (AvgIpc) is 2.86. The quantitative estimate of drug-likeness (QED) is 0.523. The molecule has 2 saturated heterocycles. The Morgan fingerprint density at radius 1 is 1.48 bits per heavy atom. The van der Waals surface area contributed by atoms with Gasteiger partial charge in [0, 0.05) is 17.4 Å². The Morgan fingerprint density at radius 2 is 2.29 bits per heavy atom. The first kappa shape index (κ1) is 14.6. The molecule has 1 aromatic heterocycles. The highest BCUT2D eigenvalue weighted by atomic mass is 32.2. The van der Waals surface area contributed by atoms with Crippen LogP contribution in [0.1, 0.15) is 24.2 Å². The zero-order valence-electron chi connectivity index (χ0n) is 11.1. The average molecular weight is 317 g/mol. The normalized spacial score (nSPS) is 30.3. The third-order valence-corrected chi connectivity index (χ3v) is 4.44. The van der Waals surface area contributed by atoms with Crippen LogP contribution in [0.3, 0.4) is 0 Å². The molecular weight excluding hydrogens is 304 g/mol. The van der Waals surface area contributed by atoms with E-state index in [0.717, 1.165) is 0 Å². The van der Waals surface area contributed by atoms with Crippen molar-refractivity contribution in [3.05, 3.63) is 17.5 Å². The fraction of sp³-hybridized carbons (Fsp3) is 0.583. The number of rotatable bonds is 3. The molecule has 1 N–H and O–H groups in total. The van der Waals surface area contributed by atoms with Crippen LogP contribution >= 0.6 is 11.8 Å². The standard InChI is InChI=1S/C12H13F2N3O3S/c1-5-2-6(10(13)14)16-12(15-5)21-9-3-7(17-18)11-19-4-8(9)20-11/h2,8-11,18H,3-4H2,1H3/b17-7+/t8-,9+,11+/m1/s1. The van der Waals surface area contributed by atoms with Gasteiger partial charge in [-0.3, -0.25) is 0 Å². The Kier molecular flexibility index (Phi) is 4.05. The lowest BCUT2D eigenvalue weighted by Gasteiger charge is -2.26. The molecule has 0 unspecified atom stereocenters. The third kappa shape index (κ3) is 2.99. The number of hydrogen-bond acceptors (Lipinski definition) is 7. The number of thioether (sulfide) groups is 1. The van der Waals surface area contributed by atoms with Crippen molar-refractivity contribution in [1.82, 2.24) is 9.97 Å². The number of fused-ring (bicyclic) bond motifs is 2. The van der Waals surface area contributed by atoms with Gasteiger partial charge < -0.3 is 14.7 Å². The van der Waals surface area contributed by atoms with E-state index >= 15 is 0 Å². The summed E-state index contributed by atoms with van der Waals surface area (Å²) in [4.78, 5) is 8.03. The Morgan fingerprint density at radius 3 is 3.00 bits per heavy atom. The number of hydrogen-bond donors (Lipinski definition) is 1. The van der Waals surface area contributed by atoms with Gasteiger partial charge in [0.15, 0.2) is 5.16 Å². The molecular formula is C12H13F2N3O3S. The van der Waals surface area contributed by atoms with Gasteiger partial charge in [0.05, 0.1) is 12.7 Å². The molecule has 0 amide bonds. The maximum Gasteiger partial charge on any atom is 0.280 e. The van der Waals surface area contributed by atoms with Gasteiger partial charge in [0.2, 0.25) is 6.29 Å². The van der Waals surface area contributed by atoms with Crippen LogP contribution in [-0.2, 0) is 9.47 Å². The molecule has 6 nitrogen and oxygen atoms in total. The van der Waals surface area contributed by atoms with Crippen LogP contribution in [0.15, 0.2) is 16.4 Å². The second-order valence-corrected chi connectivity index (χ2v) is 6.02. The molecule has 2 bridgehead atoms. The highest BCUT2D eigenvalue weighted by Crippen LogP contribution is 2.36. The Bertz CT molecular complexity index is 573. The second-order valence-electron chi connectivity index (χ2n) is 4.81. The molecule has 2 fully saturated rings. The Hall–Kier alpha value is -1.32. The highest BCUT2D eigenvalue weighted by molar-refractivity contribution is 7.99. The van der Waals surface area contributed by atoms with E-state index in [0.29, 0.717) is 24.4 Å². The zero-order valence-corrected chi connectivity index (χ0v) is 11.9. The van der Waals surface area contributed by atoms with Crippen molar-refractivity contribution in [2.75, 3.05) is 6.61 Å². The van der Waals surface area contributed by atoms with Crippen molar-refractivity contribution in [3.63, 3.8) is 0 Å². The SMILES string of the molecule is Cc1cc(C(F)F)nc(S[C@H]2C/C(=N\O)[C@H]3OC[C@H]2O3)n1. The van der Waals surface area contributed by atoms with E-state index in [1.807, 2.05) is 0 Å². The Labute approximate surface area is 123 Å². The van der Waals surface area contributed by atoms with Crippen LogP contribution in [-0.4, -0.2) is 45.1 Å². The minimum Gasteiger partial charge on any atom is -0.411 e. The van der Waals surface area contributed by atoms with Crippen molar-refractivity contribution >= 4 is 17.5 Å². The summed E-state index contributed by atoms with van der Waals surface area (Å²) in [7, 11) is 0. The highest BCUT2D eigenvalue weighted by Gasteiger charge is 2.43. The van der Waals surface area contributed by atoms with Gasteiger partial charge in [-0.15, -0.1) is 0 Å². The van der Waals surface area contributed by atoms with Crippen molar-refractivity contribution < 1.29 is 23.5 Å². The predicted octanol–water partition coefficient (Wildman–Crippen LogP) is 2.16. The van der Waals surface area contributed by atoms with Crippen LogP contribution in [0.4, 0.5) is 8.78 Å². The van der Waals surface area contributed by atoms with Gasteiger partial charge in [0.1, 0.15) is 11.4 Å². The van der Waals surface area contributed by atoms with Crippen molar-refractivity contribution in [3.8, 4) is 0 Å². The first-order chi connectivity index (χ1) is 10.1. The topological polar surface area (TPSA) is 76.8 Å². The molecule has 0 radical (unpaired) electrons. The minimum absolute atomic E-state index is 0.137. The van der Waals surface area contributed by atoms with Crippen molar-refractivity contribution in [2.24, 2.45) is 5.16 Å². The molecule has 2 aliphatic heterocycles. The van der Waals surface area contributed by atoms with E-state index in [1.54, 1.807) is 6.92 Å².